The van der Waals surface area contributed by atoms with Gasteiger partial charge in [-0.3, -0.25) is 4.79 Å². The number of fused-ring (bicyclic) bond motifs is 1. The Balaban J connectivity index is 1.86. The number of hydrogen-bond donors (Lipinski definition) is 0. The molecule has 0 N–H and O–H groups in total. The number of benzene rings is 1. The zero-order valence-corrected chi connectivity index (χ0v) is 11.4. The van der Waals surface area contributed by atoms with Crippen LogP contribution in [0, 0.1) is 11.8 Å². The molecular weight excluding hydrogens is 238 g/mol. The minimum atomic E-state index is 0.0228. The summed E-state index contributed by atoms with van der Waals surface area (Å²) in [5.74, 6) is 1.62. The number of rotatable bonds is 1. The topological polar surface area (TPSA) is 33.5 Å². The van der Waals surface area contributed by atoms with Crippen molar-refractivity contribution in [2.45, 2.75) is 20.3 Å². The van der Waals surface area contributed by atoms with Gasteiger partial charge in [-0.25, -0.2) is 0 Å². The molecule has 100 valence electrons. The molecule has 0 saturated carbocycles. The fraction of sp³-hybridized carbons (Fsp3) is 0.438. The highest BCUT2D eigenvalue weighted by Gasteiger charge is 2.27. The first-order chi connectivity index (χ1) is 9.13. The number of carbonyl (C=O) groups is 1. The molecule has 1 fully saturated rings. The van der Waals surface area contributed by atoms with Gasteiger partial charge in [0.2, 0.25) is 0 Å². The molecule has 3 heteroatoms. The van der Waals surface area contributed by atoms with Crippen LogP contribution in [0.1, 0.15) is 30.8 Å². The van der Waals surface area contributed by atoms with Crippen molar-refractivity contribution < 1.29 is 9.21 Å². The van der Waals surface area contributed by atoms with Crippen LogP contribution in [0.15, 0.2) is 34.7 Å². The predicted molar refractivity (Wildman–Crippen MR) is 75.1 cm³/mol. The van der Waals surface area contributed by atoms with Gasteiger partial charge in [-0.05, 0) is 30.4 Å². The van der Waals surface area contributed by atoms with Crippen LogP contribution in [-0.4, -0.2) is 23.9 Å². The molecule has 0 unspecified atom stereocenters. The van der Waals surface area contributed by atoms with E-state index < -0.39 is 0 Å². The van der Waals surface area contributed by atoms with Gasteiger partial charge in [-0.15, -0.1) is 0 Å². The van der Waals surface area contributed by atoms with E-state index in [1.165, 1.54) is 6.42 Å². The maximum absolute atomic E-state index is 12.5. The van der Waals surface area contributed by atoms with Crippen molar-refractivity contribution in [1.82, 2.24) is 4.90 Å². The molecule has 1 aromatic carbocycles. The third kappa shape index (κ3) is 2.37. The number of para-hydroxylation sites is 1. The highest BCUT2D eigenvalue weighted by Crippen LogP contribution is 2.25. The number of amides is 1. The fourth-order valence-electron chi connectivity index (χ4n) is 3.07. The second kappa shape index (κ2) is 4.72. The number of hydrogen-bond acceptors (Lipinski definition) is 2. The summed E-state index contributed by atoms with van der Waals surface area (Å²) in [5, 5.41) is 0.990. The van der Waals surface area contributed by atoms with Gasteiger partial charge in [0, 0.05) is 18.5 Å². The minimum absolute atomic E-state index is 0.0228. The molecule has 2 atom stereocenters. The summed E-state index contributed by atoms with van der Waals surface area (Å²) in [6, 6.07) is 9.59. The van der Waals surface area contributed by atoms with Crippen LogP contribution in [0.3, 0.4) is 0 Å². The molecule has 3 rings (SSSR count). The summed E-state index contributed by atoms with van der Waals surface area (Å²) in [5.41, 5.74) is 0.781. The van der Waals surface area contributed by atoms with Gasteiger partial charge in [0.05, 0.1) is 0 Å². The smallest absolute Gasteiger partial charge is 0.289 e. The fourth-order valence-corrected chi connectivity index (χ4v) is 3.07. The Morgan fingerprint density at radius 1 is 1.21 bits per heavy atom. The zero-order valence-electron chi connectivity index (χ0n) is 11.4. The maximum atomic E-state index is 12.5. The summed E-state index contributed by atoms with van der Waals surface area (Å²) >= 11 is 0. The van der Waals surface area contributed by atoms with Crippen molar-refractivity contribution >= 4 is 16.9 Å². The van der Waals surface area contributed by atoms with Gasteiger partial charge in [0.1, 0.15) is 5.58 Å². The van der Waals surface area contributed by atoms with Gasteiger partial charge >= 0.3 is 0 Å². The highest BCUT2D eigenvalue weighted by molar-refractivity contribution is 5.96. The van der Waals surface area contributed by atoms with Crippen molar-refractivity contribution in [2.75, 3.05) is 13.1 Å². The van der Waals surface area contributed by atoms with Gasteiger partial charge in [0.15, 0.2) is 5.76 Å². The van der Waals surface area contributed by atoms with Gasteiger partial charge in [-0.2, -0.15) is 0 Å². The Bertz CT molecular complexity index is 559. The first kappa shape index (κ1) is 12.3. The molecule has 1 saturated heterocycles. The number of carbonyl (C=O) groups excluding carboxylic acids is 1. The van der Waals surface area contributed by atoms with E-state index in [9.17, 15) is 4.79 Å². The molecule has 0 spiro atoms. The average Bonchev–Trinajstić information content (AvgIpc) is 2.80. The Morgan fingerprint density at radius 3 is 2.58 bits per heavy atom. The average molecular weight is 257 g/mol. The van der Waals surface area contributed by atoms with Crippen molar-refractivity contribution in [3.8, 4) is 0 Å². The monoisotopic (exact) mass is 257 g/mol. The third-order valence-electron chi connectivity index (χ3n) is 3.79. The van der Waals surface area contributed by atoms with Gasteiger partial charge in [0.25, 0.3) is 5.91 Å². The molecule has 0 bridgehead atoms. The lowest BCUT2D eigenvalue weighted by Gasteiger charge is -2.34. The first-order valence-corrected chi connectivity index (χ1v) is 6.91. The van der Waals surface area contributed by atoms with Crippen LogP contribution in [0.2, 0.25) is 0 Å². The molecular formula is C16H19NO2. The summed E-state index contributed by atoms with van der Waals surface area (Å²) in [6.07, 6.45) is 1.20. The zero-order chi connectivity index (χ0) is 13.4. The van der Waals surface area contributed by atoms with Crippen LogP contribution >= 0.6 is 0 Å². The molecule has 1 aliphatic heterocycles. The summed E-state index contributed by atoms with van der Waals surface area (Å²) in [7, 11) is 0. The van der Waals surface area contributed by atoms with Gasteiger partial charge in [-0.1, -0.05) is 32.0 Å². The Morgan fingerprint density at radius 2 is 1.89 bits per heavy atom. The Labute approximate surface area is 113 Å². The van der Waals surface area contributed by atoms with Crippen LogP contribution in [0.25, 0.3) is 11.0 Å². The summed E-state index contributed by atoms with van der Waals surface area (Å²) < 4.78 is 5.66. The van der Waals surface area contributed by atoms with Crippen molar-refractivity contribution in [1.29, 1.82) is 0 Å². The Hall–Kier alpha value is -1.77. The Kier molecular flexibility index (Phi) is 3.05. The van der Waals surface area contributed by atoms with E-state index >= 15 is 0 Å². The largest absolute Gasteiger partial charge is 0.451 e. The van der Waals surface area contributed by atoms with Crippen LogP contribution in [-0.2, 0) is 0 Å². The van der Waals surface area contributed by atoms with Crippen LogP contribution in [0.4, 0.5) is 0 Å². The lowest BCUT2D eigenvalue weighted by Crippen LogP contribution is -2.42. The molecule has 3 nitrogen and oxygen atoms in total. The molecule has 0 radical (unpaired) electrons. The van der Waals surface area contributed by atoms with E-state index in [1.54, 1.807) is 0 Å². The molecule has 2 heterocycles. The summed E-state index contributed by atoms with van der Waals surface area (Å²) in [6.45, 7) is 6.07. The normalized spacial score (nSPS) is 23.8. The number of likely N-dealkylation sites (tertiary alicyclic amines) is 1. The van der Waals surface area contributed by atoms with Crippen molar-refractivity contribution in [2.24, 2.45) is 11.8 Å². The van der Waals surface area contributed by atoms with E-state index in [-0.39, 0.29) is 5.91 Å². The molecule has 1 aliphatic rings. The predicted octanol–water partition coefficient (Wildman–Crippen LogP) is 3.55. The van der Waals surface area contributed by atoms with Gasteiger partial charge < -0.3 is 9.32 Å². The first-order valence-electron chi connectivity index (χ1n) is 6.91. The molecule has 19 heavy (non-hydrogen) atoms. The molecule has 0 aliphatic carbocycles. The van der Waals surface area contributed by atoms with Crippen molar-refractivity contribution in [3.63, 3.8) is 0 Å². The molecule has 1 aromatic heterocycles. The van der Waals surface area contributed by atoms with E-state index in [1.807, 2.05) is 35.2 Å². The van der Waals surface area contributed by atoms with Crippen LogP contribution in [0.5, 0.6) is 0 Å². The third-order valence-corrected chi connectivity index (χ3v) is 3.79. The van der Waals surface area contributed by atoms with E-state index in [4.69, 9.17) is 4.42 Å². The number of furan rings is 1. The van der Waals surface area contributed by atoms with Crippen molar-refractivity contribution in [3.05, 3.63) is 36.1 Å². The lowest BCUT2D eigenvalue weighted by molar-refractivity contribution is 0.0594. The lowest BCUT2D eigenvalue weighted by atomic mass is 9.92. The summed E-state index contributed by atoms with van der Waals surface area (Å²) in [4.78, 5) is 14.4. The standard InChI is InChI=1S/C16H19NO2/c1-11-7-12(2)10-17(9-11)16(18)15-8-13-5-3-4-6-14(13)19-15/h3-6,8,11-12H,7,9-10H2,1-2H3/t11-,12-/m1/s1. The second-order valence-corrected chi connectivity index (χ2v) is 5.80. The SMILES string of the molecule is C[C@@H]1C[C@@H](C)CN(C(=O)c2cc3ccccc3o2)C1. The quantitative estimate of drug-likeness (QED) is 0.782. The maximum Gasteiger partial charge on any atom is 0.289 e. The molecule has 1 amide bonds. The highest BCUT2D eigenvalue weighted by atomic mass is 16.3. The van der Waals surface area contributed by atoms with E-state index in [2.05, 4.69) is 13.8 Å². The van der Waals surface area contributed by atoms with E-state index in [0.717, 1.165) is 24.1 Å². The minimum Gasteiger partial charge on any atom is -0.451 e. The van der Waals surface area contributed by atoms with Crippen LogP contribution < -0.4 is 0 Å². The number of piperidine rings is 1. The molecule has 2 aromatic rings. The number of nitrogens with zero attached hydrogens (tertiary/aromatic N) is 1. The van der Waals surface area contributed by atoms with E-state index in [0.29, 0.717) is 17.6 Å². The second-order valence-electron chi connectivity index (χ2n) is 5.80.